The Morgan fingerprint density at radius 1 is 1.26 bits per heavy atom. The number of amides is 1. The number of rotatable bonds is 6. The maximum atomic E-state index is 12.8. The number of hydrogen-bond donors (Lipinski definition) is 2. The predicted molar refractivity (Wildman–Crippen MR) is 110 cm³/mol. The Kier molecular flexibility index (Phi) is 7.00. The van der Waals surface area contributed by atoms with Crippen molar-refractivity contribution in [2.45, 2.75) is 58.5 Å². The lowest BCUT2D eigenvalue weighted by atomic mass is 9.86. The minimum Gasteiger partial charge on any atom is -0.492 e. The van der Waals surface area contributed by atoms with Gasteiger partial charge in [0.1, 0.15) is 5.75 Å². The summed E-state index contributed by atoms with van der Waals surface area (Å²) in [5.41, 5.74) is 1.17. The highest BCUT2D eigenvalue weighted by molar-refractivity contribution is 5.80. The second-order valence-electron chi connectivity index (χ2n) is 8.14. The summed E-state index contributed by atoms with van der Waals surface area (Å²) >= 11 is 0. The van der Waals surface area contributed by atoms with Gasteiger partial charge in [0.05, 0.1) is 38.5 Å². The van der Waals surface area contributed by atoms with Gasteiger partial charge in [-0.05, 0) is 44.7 Å². The Hall–Kier alpha value is -1.75. The fourth-order valence-corrected chi connectivity index (χ4v) is 4.49. The van der Waals surface area contributed by atoms with E-state index in [9.17, 15) is 4.79 Å². The topological polar surface area (TPSA) is 46.0 Å². The standard InChI is InChI=1S/C22H35N3O2/c1-4-27-21-12-8-7-11-20(21)25-15-13-24(14-16-25)18(3)22(26)23-19-10-6-5-9-17(19)2/h7-8,11-12,17-19H,4-6,9-10,13-16H2,1-3H3,(H,23,26)/p+1/t17-,18-,19-/m0/s1. The number of piperazine rings is 1. The van der Waals surface area contributed by atoms with Crippen LogP contribution in [0.5, 0.6) is 5.75 Å². The Morgan fingerprint density at radius 3 is 2.67 bits per heavy atom. The van der Waals surface area contributed by atoms with Crippen LogP contribution < -0.4 is 19.9 Å². The van der Waals surface area contributed by atoms with Crippen molar-refractivity contribution in [2.24, 2.45) is 5.92 Å². The largest absolute Gasteiger partial charge is 0.492 e. The van der Waals surface area contributed by atoms with E-state index < -0.39 is 0 Å². The first-order chi connectivity index (χ1) is 13.1. The SMILES string of the molecule is CCOc1ccccc1N1CC[NH+]([C@@H](C)C(=O)N[C@H]2CCCC[C@@H]2C)CC1. The first-order valence-electron chi connectivity index (χ1n) is 10.7. The molecule has 1 amide bonds. The third kappa shape index (κ3) is 4.95. The van der Waals surface area contributed by atoms with E-state index in [4.69, 9.17) is 4.74 Å². The zero-order valence-corrected chi connectivity index (χ0v) is 17.2. The number of ether oxygens (including phenoxy) is 1. The number of nitrogens with one attached hydrogen (secondary N) is 2. The molecule has 0 aromatic heterocycles. The summed E-state index contributed by atoms with van der Waals surface area (Å²) in [6.45, 7) is 10.9. The van der Waals surface area contributed by atoms with Crippen LogP contribution in [0.25, 0.3) is 0 Å². The lowest BCUT2D eigenvalue weighted by molar-refractivity contribution is -0.914. The van der Waals surface area contributed by atoms with E-state index >= 15 is 0 Å². The molecule has 1 saturated heterocycles. The second-order valence-corrected chi connectivity index (χ2v) is 8.14. The molecule has 27 heavy (non-hydrogen) atoms. The molecule has 0 radical (unpaired) electrons. The Labute approximate surface area is 164 Å². The van der Waals surface area contributed by atoms with Crippen molar-refractivity contribution < 1.29 is 14.4 Å². The highest BCUT2D eigenvalue weighted by Gasteiger charge is 2.32. The van der Waals surface area contributed by atoms with Crippen molar-refractivity contribution in [1.29, 1.82) is 0 Å². The second kappa shape index (κ2) is 9.45. The normalized spacial score (nSPS) is 25.1. The molecule has 2 N–H and O–H groups in total. The molecule has 1 aromatic carbocycles. The third-order valence-corrected chi connectivity index (χ3v) is 6.36. The lowest BCUT2D eigenvalue weighted by Gasteiger charge is -2.37. The Bertz CT molecular complexity index is 613. The van der Waals surface area contributed by atoms with Gasteiger partial charge in [-0.15, -0.1) is 0 Å². The maximum absolute atomic E-state index is 12.8. The molecule has 2 aliphatic rings. The Morgan fingerprint density at radius 2 is 1.96 bits per heavy atom. The number of anilines is 1. The number of benzene rings is 1. The lowest BCUT2D eigenvalue weighted by Crippen LogP contribution is -3.19. The summed E-state index contributed by atoms with van der Waals surface area (Å²) in [4.78, 5) is 16.6. The van der Waals surface area contributed by atoms with Crippen molar-refractivity contribution in [3.63, 3.8) is 0 Å². The van der Waals surface area contributed by atoms with Gasteiger partial charge in [0.2, 0.25) is 0 Å². The van der Waals surface area contributed by atoms with Crippen molar-refractivity contribution in [3.8, 4) is 5.75 Å². The minimum absolute atomic E-state index is 0.0170. The van der Waals surface area contributed by atoms with E-state index in [1.165, 1.54) is 29.8 Å². The zero-order chi connectivity index (χ0) is 19.2. The monoisotopic (exact) mass is 374 g/mol. The summed E-state index contributed by atoms with van der Waals surface area (Å²) in [6.07, 6.45) is 4.93. The van der Waals surface area contributed by atoms with Crippen LogP contribution in [0.4, 0.5) is 5.69 Å². The molecule has 1 heterocycles. The number of para-hydroxylation sites is 2. The molecule has 3 atom stereocenters. The van der Waals surface area contributed by atoms with E-state index in [2.05, 4.69) is 36.2 Å². The van der Waals surface area contributed by atoms with Crippen LogP contribution in [0.15, 0.2) is 24.3 Å². The number of carbonyl (C=O) groups is 1. The van der Waals surface area contributed by atoms with Gasteiger partial charge in [-0.2, -0.15) is 0 Å². The molecule has 1 aromatic rings. The molecule has 0 bridgehead atoms. The number of quaternary nitrogens is 1. The molecule has 1 aliphatic carbocycles. The van der Waals surface area contributed by atoms with Crippen LogP contribution in [0.3, 0.4) is 0 Å². The quantitative estimate of drug-likeness (QED) is 0.799. The average Bonchev–Trinajstić information content (AvgIpc) is 2.70. The van der Waals surface area contributed by atoms with E-state index in [1.54, 1.807) is 0 Å². The molecule has 0 spiro atoms. The molecule has 5 nitrogen and oxygen atoms in total. The smallest absolute Gasteiger partial charge is 0.278 e. The van der Waals surface area contributed by atoms with Gasteiger partial charge in [0.25, 0.3) is 5.91 Å². The molecule has 1 saturated carbocycles. The maximum Gasteiger partial charge on any atom is 0.278 e. The van der Waals surface area contributed by atoms with Gasteiger partial charge in [0.15, 0.2) is 6.04 Å². The predicted octanol–water partition coefficient (Wildman–Crippen LogP) is 1.87. The van der Waals surface area contributed by atoms with Gasteiger partial charge in [-0.3, -0.25) is 4.79 Å². The van der Waals surface area contributed by atoms with E-state index in [1.807, 2.05) is 19.1 Å². The fourth-order valence-electron chi connectivity index (χ4n) is 4.49. The average molecular weight is 375 g/mol. The van der Waals surface area contributed by atoms with Crippen LogP contribution in [0.2, 0.25) is 0 Å². The molecular weight excluding hydrogens is 338 g/mol. The van der Waals surface area contributed by atoms with Crippen LogP contribution in [-0.4, -0.2) is 50.8 Å². The zero-order valence-electron chi connectivity index (χ0n) is 17.2. The van der Waals surface area contributed by atoms with E-state index in [0.29, 0.717) is 18.6 Å². The number of nitrogens with zero attached hydrogens (tertiary/aromatic N) is 1. The number of hydrogen-bond acceptors (Lipinski definition) is 3. The van der Waals surface area contributed by atoms with Gasteiger partial charge >= 0.3 is 0 Å². The van der Waals surface area contributed by atoms with E-state index in [-0.39, 0.29) is 11.9 Å². The van der Waals surface area contributed by atoms with Gasteiger partial charge in [-0.25, -0.2) is 0 Å². The van der Waals surface area contributed by atoms with Crippen molar-refractivity contribution in [2.75, 3.05) is 37.7 Å². The minimum atomic E-state index is 0.0170. The third-order valence-electron chi connectivity index (χ3n) is 6.36. The van der Waals surface area contributed by atoms with E-state index in [0.717, 1.165) is 38.3 Å². The Balaban J connectivity index is 1.53. The summed E-state index contributed by atoms with van der Waals surface area (Å²) in [6, 6.07) is 8.65. The molecule has 1 aliphatic heterocycles. The van der Waals surface area contributed by atoms with Gasteiger partial charge in [-0.1, -0.05) is 31.9 Å². The van der Waals surface area contributed by atoms with Gasteiger partial charge < -0.3 is 19.9 Å². The summed E-state index contributed by atoms with van der Waals surface area (Å²) < 4.78 is 5.78. The molecule has 150 valence electrons. The van der Waals surface area contributed by atoms with Gasteiger partial charge in [0, 0.05) is 6.04 Å². The van der Waals surface area contributed by atoms with Crippen molar-refractivity contribution in [1.82, 2.24) is 5.32 Å². The molecule has 0 unspecified atom stereocenters. The van der Waals surface area contributed by atoms with Crippen molar-refractivity contribution in [3.05, 3.63) is 24.3 Å². The van der Waals surface area contributed by atoms with Crippen LogP contribution in [0, 0.1) is 5.92 Å². The highest BCUT2D eigenvalue weighted by Crippen LogP contribution is 2.28. The molecule has 5 heteroatoms. The summed E-state index contributed by atoms with van der Waals surface area (Å²) in [7, 11) is 0. The summed E-state index contributed by atoms with van der Waals surface area (Å²) in [5.74, 6) is 1.80. The first kappa shape index (κ1) is 20.0. The van der Waals surface area contributed by atoms with Crippen LogP contribution in [0.1, 0.15) is 46.5 Å². The fraction of sp³-hybridized carbons (Fsp3) is 0.682. The molecule has 3 rings (SSSR count). The van der Waals surface area contributed by atoms with Crippen LogP contribution >= 0.6 is 0 Å². The molecule has 2 fully saturated rings. The first-order valence-corrected chi connectivity index (χ1v) is 10.7. The molecular formula is C22H36N3O2+. The van der Waals surface area contributed by atoms with Crippen LogP contribution in [-0.2, 0) is 4.79 Å². The highest BCUT2D eigenvalue weighted by atomic mass is 16.5. The summed E-state index contributed by atoms with van der Waals surface area (Å²) in [5, 5.41) is 3.34. The van der Waals surface area contributed by atoms with Crippen molar-refractivity contribution >= 4 is 11.6 Å². The number of carbonyl (C=O) groups excluding carboxylic acids is 1.